The summed E-state index contributed by atoms with van der Waals surface area (Å²) < 4.78 is 0. The van der Waals surface area contributed by atoms with Gasteiger partial charge >= 0.3 is 11.9 Å². The molecule has 4 nitrogen and oxygen atoms in total. The lowest BCUT2D eigenvalue weighted by atomic mass is 9.98. The van der Waals surface area contributed by atoms with E-state index >= 15 is 0 Å². The highest BCUT2D eigenvalue weighted by Gasteiger charge is 2.13. The first-order valence-electron chi connectivity index (χ1n) is 9.65. The number of carboxylic acid groups (broad SMARTS) is 2. The van der Waals surface area contributed by atoms with Crippen LogP contribution in [0.25, 0.3) is 0 Å². The summed E-state index contributed by atoms with van der Waals surface area (Å²) in [7, 11) is 0. The summed E-state index contributed by atoms with van der Waals surface area (Å²) in [4.78, 5) is 22.3. The first-order valence-corrected chi connectivity index (χ1v) is 9.65. The standard InChI is InChI=1S/C21H32O4/c1-2-3-4-5-6-7-8-9-10-11-12-13-17-16-18(20(22)23)14-15-19(17)21(24)25/h14-16H,2-13H2,1H3,(H,22,23)(H,24,25). The second-order valence-electron chi connectivity index (χ2n) is 6.77. The van der Waals surface area contributed by atoms with Gasteiger partial charge < -0.3 is 10.2 Å². The Morgan fingerprint density at radius 1 is 0.760 bits per heavy atom. The Hall–Kier alpha value is -1.84. The fourth-order valence-corrected chi connectivity index (χ4v) is 3.12. The van der Waals surface area contributed by atoms with E-state index < -0.39 is 11.9 Å². The van der Waals surface area contributed by atoms with Gasteiger partial charge in [-0.2, -0.15) is 0 Å². The SMILES string of the molecule is CCCCCCCCCCCCCc1cc(C(=O)O)ccc1C(=O)O. The Labute approximate surface area is 151 Å². The zero-order valence-electron chi connectivity index (χ0n) is 15.4. The Balaban J connectivity index is 2.24. The Bertz CT molecular complexity index is 537. The quantitative estimate of drug-likeness (QED) is 0.408. The minimum Gasteiger partial charge on any atom is -0.478 e. The molecule has 1 aromatic carbocycles. The first-order chi connectivity index (χ1) is 12.1. The van der Waals surface area contributed by atoms with Gasteiger partial charge in [-0.15, -0.1) is 0 Å². The molecule has 0 heterocycles. The van der Waals surface area contributed by atoms with Crippen LogP contribution < -0.4 is 0 Å². The molecule has 1 aromatic rings. The molecule has 0 aliphatic heterocycles. The van der Waals surface area contributed by atoms with E-state index in [1.807, 2.05) is 0 Å². The summed E-state index contributed by atoms with van der Waals surface area (Å²) >= 11 is 0. The zero-order valence-corrected chi connectivity index (χ0v) is 15.4. The van der Waals surface area contributed by atoms with Gasteiger partial charge in [0.05, 0.1) is 11.1 Å². The lowest BCUT2D eigenvalue weighted by Crippen LogP contribution is -2.06. The Kier molecular flexibility index (Phi) is 10.6. The summed E-state index contributed by atoms with van der Waals surface area (Å²) in [5.74, 6) is -2.01. The molecular weight excluding hydrogens is 316 g/mol. The van der Waals surface area contributed by atoms with Crippen LogP contribution in [0.5, 0.6) is 0 Å². The van der Waals surface area contributed by atoms with Crippen molar-refractivity contribution in [3.8, 4) is 0 Å². The van der Waals surface area contributed by atoms with Crippen molar-refractivity contribution in [3.05, 3.63) is 34.9 Å². The minimum absolute atomic E-state index is 0.156. The van der Waals surface area contributed by atoms with Gasteiger partial charge in [0.25, 0.3) is 0 Å². The molecule has 0 aliphatic carbocycles. The maximum absolute atomic E-state index is 11.3. The van der Waals surface area contributed by atoms with E-state index in [2.05, 4.69) is 6.92 Å². The van der Waals surface area contributed by atoms with Crippen LogP contribution >= 0.6 is 0 Å². The third-order valence-corrected chi connectivity index (χ3v) is 4.63. The number of unbranched alkanes of at least 4 members (excludes halogenated alkanes) is 10. The summed E-state index contributed by atoms with van der Waals surface area (Å²) in [6.45, 7) is 2.23. The normalized spacial score (nSPS) is 10.8. The fourth-order valence-electron chi connectivity index (χ4n) is 3.12. The van der Waals surface area contributed by atoms with E-state index in [4.69, 9.17) is 5.11 Å². The summed E-state index contributed by atoms with van der Waals surface area (Å²) in [6.07, 6.45) is 14.3. The molecule has 0 unspecified atom stereocenters. The van der Waals surface area contributed by atoms with E-state index in [-0.39, 0.29) is 11.1 Å². The average Bonchev–Trinajstić information content (AvgIpc) is 2.59. The lowest BCUT2D eigenvalue weighted by Gasteiger charge is -2.08. The molecule has 0 saturated heterocycles. The molecule has 0 fully saturated rings. The topological polar surface area (TPSA) is 74.6 Å². The number of hydrogen-bond acceptors (Lipinski definition) is 2. The van der Waals surface area contributed by atoms with Crippen molar-refractivity contribution < 1.29 is 19.8 Å². The van der Waals surface area contributed by atoms with E-state index in [1.165, 1.54) is 69.6 Å². The summed E-state index contributed by atoms with van der Waals surface area (Å²) in [5, 5.41) is 18.3. The molecular formula is C21H32O4. The lowest BCUT2D eigenvalue weighted by molar-refractivity contribution is 0.0680. The van der Waals surface area contributed by atoms with Gasteiger partial charge in [-0.25, -0.2) is 9.59 Å². The van der Waals surface area contributed by atoms with Gasteiger partial charge in [0.1, 0.15) is 0 Å². The number of aryl methyl sites for hydroxylation is 1. The molecule has 25 heavy (non-hydrogen) atoms. The Morgan fingerprint density at radius 2 is 1.28 bits per heavy atom. The van der Waals surface area contributed by atoms with Crippen LogP contribution in [0.3, 0.4) is 0 Å². The molecule has 0 radical (unpaired) electrons. The van der Waals surface area contributed by atoms with Crippen molar-refractivity contribution in [1.82, 2.24) is 0 Å². The van der Waals surface area contributed by atoms with Crippen LogP contribution in [0.2, 0.25) is 0 Å². The van der Waals surface area contributed by atoms with Gasteiger partial charge in [-0.3, -0.25) is 0 Å². The predicted octanol–water partition coefficient (Wildman–Crippen LogP) is 5.94. The van der Waals surface area contributed by atoms with Crippen LogP contribution in [0, 0.1) is 0 Å². The monoisotopic (exact) mass is 348 g/mol. The number of aromatic carboxylic acids is 2. The molecule has 0 aromatic heterocycles. The predicted molar refractivity (Wildman–Crippen MR) is 101 cm³/mol. The molecule has 4 heteroatoms. The maximum Gasteiger partial charge on any atom is 0.335 e. The fraction of sp³-hybridized carbons (Fsp3) is 0.619. The zero-order chi connectivity index (χ0) is 18.5. The number of benzene rings is 1. The number of rotatable bonds is 14. The van der Waals surface area contributed by atoms with Crippen LogP contribution in [0.15, 0.2) is 18.2 Å². The van der Waals surface area contributed by atoms with Gasteiger partial charge in [0.15, 0.2) is 0 Å². The largest absolute Gasteiger partial charge is 0.478 e. The number of carboxylic acids is 2. The summed E-state index contributed by atoms with van der Waals surface area (Å²) in [5.41, 5.74) is 1.00. The van der Waals surface area contributed by atoms with Gasteiger partial charge in [0.2, 0.25) is 0 Å². The molecule has 0 saturated carbocycles. The van der Waals surface area contributed by atoms with Crippen molar-refractivity contribution in [2.24, 2.45) is 0 Å². The van der Waals surface area contributed by atoms with Crippen LogP contribution in [0.1, 0.15) is 104 Å². The first kappa shape index (κ1) is 21.2. The van der Waals surface area contributed by atoms with Crippen molar-refractivity contribution in [2.45, 2.75) is 84.0 Å². The third-order valence-electron chi connectivity index (χ3n) is 4.63. The van der Waals surface area contributed by atoms with Crippen LogP contribution in [0.4, 0.5) is 0 Å². The average molecular weight is 348 g/mol. The second kappa shape index (κ2) is 12.5. The highest BCUT2D eigenvalue weighted by Crippen LogP contribution is 2.17. The molecule has 0 aliphatic rings. The van der Waals surface area contributed by atoms with Gasteiger partial charge in [-0.05, 0) is 36.6 Å². The molecule has 140 valence electrons. The second-order valence-corrected chi connectivity index (χ2v) is 6.77. The Morgan fingerprint density at radius 3 is 1.76 bits per heavy atom. The van der Waals surface area contributed by atoms with E-state index in [1.54, 1.807) is 0 Å². The van der Waals surface area contributed by atoms with Gasteiger partial charge in [-0.1, -0.05) is 71.1 Å². The van der Waals surface area contributed by atoms with E-state index in [9.17, 15) is 14.7 Å². The highest BCUT2D eigenvalue weighted by atomic mass is 16.4. The molecule has 0 spiro atoms. The third kappa shape index (κ3) is 8.71. The van der Waals surface area contributed by atoms with E-state index in [0.29, 0.717) is 12.0 Å². The van der Waals surface area contributed by atoms with Crippen molar-refractivity contribution in [2.75, 3.05) is 0 Å². The molecule has 2 N–H and O–H groups in total. The molecule has 0 amide bonds. The van der Waals surface area contributed by atoms with Crippen molar-refractivity contribution in [1.29, 1.82) is 0 Å². The summed E-state index contributed by atoms with van der Waals surface area (Å²) in [6, 6.07) is 4.26. The van der Waals surface area contributed by atoms with Crippen LogP contribution in [-0.2, 0) is 6.42 Å². The molecule has 0 atom stereocenters. The van der Waals surface area contributed by atoms with Crippen LogP contribution in [-0.4, -0.2) is 22.2 Å². The van der Waals surface area contributed by atoms with Crippen molar-refractivity contribution in [3.63, 3.8) is 0 Å². The smallest absolute Gasteiger partial charge is 0.335 e. The highest BCUT2D eigenvalue weighted by molar-refractivity contribution is 5.93. The van der Waals surface area contributed by atoms with Crippen molar-refractivity contribution >= 4 is 11.9 Å². The molecule has 1 rings (SSSR count). The number of hydrogen-bond donors (Lipinski definition) is 2. The molecule has 0 bridgehead atoms. The van der Waals surface area contributed by atoms with E-state index in [0.717, 1.165) is 19.3 Å². The maximum atomic E-state index is 11.3. The minimum atomic E-state index is -1.02. The van der Waals surface area contributed by atoms with Gasteiger partial charge in [0, 0.05) is 0 Å². The number of carbonyl (C=O) groups is 2.